The van der Waals surface area contributed by atoms with Gasteiger partial charge in [0.1, 0.15) is 11.4 Å². The molecule has 3 rings (SSSR count). The fraction of sp³-hybridized carbons (Fsp3) is 0.143. The van der Waals surface area contributed by atoms with E-state index in [-0.39, 0.29) is 12.3 Å². The number of furan rings is 1. The summed E-state index contributed by atoms with van der Waals surface area (Å²) in [6.07, 6.45) is 3.50. The van der Waals surface area contributed by atoms with Crippen LogP contribution in [0.4, 0.5) is 5.82 Å². The van der Waals surface area contributed by atoms with Crippen LogP contribution >= 0.6 is 0 Å². The molecule has 5 heteroatoms. The SMILES string of the molecule is Cc1ccc2c(CC(=O)Nc3ccn[nH]3)coc2c1. The van der Waals surface area contributed by atoms with Gasteiger partial charge >= 0.3 is 0 Å². The summed E-state index contributed by atoms with van der Waals surface area (Å²) in [6, 6.07) is 7.65. The monoisotopic (exact) mass is 255 g/mol. The molecule has 96 valence electrons. The van der Waals surface area contributed by atoms with Crippen LogP contribution in [0.5, 0.6) is 0 Å². The summed E-state index contributed by atoms with van der Waals surface area (Å²) in [6.45, 7) is 2.01. The number of benzene rings is 1. The van der Waals surface area contributed by atoms with E-state index in [9.17, 15) is 4.79 Å². The van der Waals surface area contributed by atoms with E-state index in [0.717, 1.165) is 22.1 Å². The van der Waals surface area contributed by atoms with Crippen molar-refractivity contribution in [2.75, 3.05) is 5.32 Å². The highest BCUT2D eigenvalue weighted by Gasteiger charge is 2.11. The number of hydrogen-bond acceptors (Lipinski definition) is 3. The van der Waals surface area contributed by atoms with E-state index in [1.165, 1.54) is 0 Å². The van der Waals surface area contributed by atoms with Crippen LogP contribution in [0.25, 0.3) is 11.0 Å². The first-order chi connectivity index (χ1) is 9.22. The van der Waals surface area contributed by atoms with Crippen molar-refractivity contribution in [2.24, 2.45) is 0 Å². The number of aromatic nitrogens is 2. The second kappa shape index (κ2) is 4.61. The summed E-state index contributed by atoms with van der Waals surface area (Å²) in [5.74, 6) is 0.487. The number of nitrogens with one attached hydrogen (secondary N) is 2. The second-order valence-electron chi connectivity index (χ2n) is 4.46. The summed E-state index contributed by atoms with van der Waals surface area (Å²) in [7, 11) is 0. The Morgan fingerprint density at radius 1 is 1.42 bits per heavy atom. The van der Waals surface area contributed by atoms with Crippen molar-refractivity contribution in [1.82, 2.24) is 10.2 Å². The molecule has 0 spiro atoms. The second-order valence-corrected chi connectivity index (χ2v) is 4.46. The van der Waals surface area contributed by atoms with Crippen LogP contribution in [-0.4, -0.2) is 16.1 Å². The van der Waals surface area contributed by atoms with Gasteiger partial charge in [-0.15, -0.1) is 0 Å². The van der Waals surface area contributed by atoms with Crippen molar-refractivity contribution in [2.45, 2.75) is 13.3 Å². The van der Waals surface area contributed by atoms with E-state index in [4.69, 9.17) is 4.42 Å². The van der Waals surface area contributed by atoms with Gasteiger partial charge in [0.05, 0.1) is 18.9 Å². The highest BCUT2D eigenvalue weighted by atomic mass is 16.3. The molecule has 2 N–H and O–H groups in total. The molecule has 0 saturated heterocycles. The van der Waals surface area contributed by atoms with Crippen LogP contribution in [0.2, 0.25) is 0 Å². The molecular weight excluding hydrogens is 242 g/mol. The molecule has 3 aromatic rings. The lowest BCUT2D eigenvalue weighted by atomic mass is 10.1. The molecule has 1 amide bonds. The predicted molar refractivity (Wildman–Crippen MR) is 71.9 cm³/mol. The summed E-state index contributed by atoms with van der Waals surface area (Å²) in [4.78, 5) is 11.9. The highest BCUT2D eigenvalue weighted by molar-refractivity contribution is 5.94. The molecule has 2 aromatic heterocycles. The van der Waals surface area contributed by atoms with Gasteiger partial charge in [0.25, 0.3) is 0 Å². The van der Waals surface area contributed by atoms with E-state index in [1.54, 1.807) is 18.5 Å². The maximum atomic E-state index is 11.9. The van der Waals surface area contributed by atoms with Crippen LogP contribution in [0.1, 0.15) is 11.1 Å². The third kappa shape index (κ3) is 2.35. The number of anilines is 1. The number of carbonyl (C=O) groups is 1. The van der Waals surface area contributed by atoms with Crippen molar-refractivity contribution >= 4 is 22.7 Å². The molecule has 0 aliphatic heterocycles. The maximum Gasteiger partial charge on any atom is 0.230 e. The molecule has 19 heavy (non-hydrogen) atoms. The largest absolute Gasteiger partial charge is 0.464 e. The number of aromatic amines is 1. The lowest BCUT2D eigenvalue weighted by Gasteiger charge is -2.01. The number of nitrogens with zero attached hydrogens (tertiary/aromatic N) is 1. The van der Waals surface area contributed by atoms with E-state index >= 15 is 0 Å². The third-order valence-corrected chi connectivity index (χ3v) is 2.94. The van der Waals surface area contributed by atoms with E-state index in [0.29, 0.717) is 5.82 Å². The average Bonchev–Trinajstić information content (AvgIpc) is 2.99. The topological polar surface area (TPSA) is 70.9 Å². The standard InChI is InChI=1S/C14H13N3O2/c1-9-2-3-11-10(8-19-12(11)6-9)7-14(18)16-13-4-5-15-17-13/h2-6,8H,7H2,1H3,(H2,15,16,17,18). The van der Waals surface area contributed by atoms with Crippen LogP contribution < -0.4 is 5.32 Å². The Labute approximate surface area is 109 Å². The lowest BCUT2D eigenvalue weighted by molar-refractivity contribution is -0.115. The molecule has 2 heterocycles. The number of aryl methyl sites for hydroxylation is 1. The zero-order valence-electron chi connectivity index (χ0n) is 10.4. The fourth-order valence-corrected chi connectivity index (χ4v) is 2.02. The Hall–Kier alpha value is -2.56. The normalized spacial score (nSPS) is 10.8. The predicted octanol–water partition coefficient (Wildman–Crippen LogP) is 2.65. The first-order valence-corrected chi connectivity index (χ1v) is 5.98. The van der Waals surface area contributed by atoms with Crippen LogP contribution in [0, 0.1) is 6.92 Å². The maximum absolute atomic E-state index is 11.9. The van der Waals surface area contributed by atoms with Crippen molar-refractivity contribution in [3.63, 3.8) is 0 Å². The first kappa shape index (κ1) is 11.5. The van der Waals surface area contributed by atoms with Crippen molar-refractivity contribution < 1.29 is 9.21 Å². The molecule has 0 aliphatic rings. The molecule has 0 bridgehead atoms. The van der Waals surface area contributed by atoms with Crippen molar-refractivity contribution in [3.05, 3.63) is 47.9 Å². The Morgan fingerprint density at radius 3 is 3.11 bits per heavy atom. The Balaban J connectivity index is 1.79. The fourth-order valence-electron chi connectivity index (χ4n) is 2.02. The van der Waals surface area contributed by atoms with Gasteiger partial charge in [-0.05, 0) is 18.6 Å². The Bertz CT molecular complexity index is 713. The smallest absolute Gasteiger partial charge is 0.230 e. The summed E-state index contributed by atoms with van der Waals surface area (Å²) >= 11 is 0. The third-order valence-electron chi connectivity index (χ3n) is 2.94. The van der Waals surface area contributed by atoms with E-state index in [1.807, 2.05) is 25.1 Å². The molecule has 0 radical (unpaired) electrons. The van der Waals surface area contributed by atoms with Gasteiger partial charge in [0, 0.05) is 17.0 Å². The molecule has 0 saturated carbocycles. The molecule has 1 aromatic carbocycles. The molecule has 0 aliphatic carbocycles. The van der Waals surface area contributed by atoms with Crippen LogP contribution in [0.15, 0.2) is 41.1 Å². The number of rotatable bonds is 3. The summed E-state index contributed by atoms with van der Waals surface area (Å²) in [5, 5.41) is 10.2. The van der Waals surface area contributed by atoms with Gasteiger partial charge < -0.3 is 9.73 Å². The van der Waals surface area contributed by atoms with Gasteiger partial charge in [-0.2, -0.15) is 5.10 Å². The minimum absolute atomic E-state index is 0.104. The van der Waals surface area contributed by atoms with Gasteiger partial charge in [0.15, 0.2) is 0 Å². The van der Waals surface area contributed by atoms with Gasteiger partial charge in [-0.1, -0.05) is 12.1 Å². The van der Waals surface area contributed by atoms with Gasteiger partial charge in [-0.3, -0.25) is 9.89 Å². The highest BCUT2D eigenvalue weighted by Crippen LogP contribution is 2.22. The average molecular weight is 255 g/mol. The zero-order valence-corrected chi connectivity index (χ0v) is 10.4. The minimum Gasteiger partial charge on any atom is -0.464 e. The quantitative estimate of drug-likeness (QED) is 0.755. The number of H-pyrrole nitrogens is 1. The van der Waals surface area contributed by atoms with Crippen molar-refractivity contribution in [1.29, 1.82) is 0 Å². The molecule has 5 nitrogen and oxygen atoms in total. The number of carbonyl (C=O) groups excluding carboxylic acids is 1. The summed E-state index contributed by atoms with van der Waals surface area (Å²) in [5.41, 5.74) is 2.83. The zero-order chi connectivity index (χ0) is 13.2. The first-order valence-electron chi connectivity index (χ1n) is 5.98. The van der Waals surface area contributed by atoms with Gasteiger partial charge in [-0.25, -0.2) is 0 Å². The van der Waals surface area contributed by atoms with E-state index in [2.05, 4.69) is 15.5 Å². The minimum atomic E-state index is -0.104. The van der Waals surface area contributed by atoms with Crippen molar-refractivity contribution in [3.8, 4) is 0 Å². The number of fused-ring (bicyclic) bond motifs is 1. The molecule has 0 unspecified atom stereocenters. The van der Waals surface area contributed by atoms with Crippen LogP contribution in [0.3, 0.4) is 0 Å². The molecular formula is C14H13N3O2. The lowest BCUT2D eigenvalue weighted by Crippen LogP contribution is -2.14. The van der Waals surface area contributed by atoms with Crippen LogP contribution in [-0.2, 0) is 11.2 Å². The number of hydrogen-bond donors (Lipinski definition) is 2. The van der Waals surface area contributed by atoms with Gasteiger partial charge in [0.2, 0.25) is 5.91 Å². The van der Waals surface area contributed by atoms with E-state index < -0.39 is 0 Å². The Kier molecular flexibility index (Phi) is 2.79. The molecule has 0 atom stereocenters. The number of amides is 1. The summed E-state index contributed by atoms with van der Waals surface area (Å²) < 4.78 is 5.47. The molecule has 0 fully saturated rings. The Morgan fingerprint density at radius 2 is 2.32 bits per heavy atom.